The SMILES string of the molecule is CCOP(=O)(OCC)C(NC(=O)OCc1ccccc1)(c1c(C)[nH]n(-c2ccccc2)c1=O)C(F)(F)F. The van der Waals surface area contributed by atoms with Crippen molar-refractivity contribution >= 4 is 13.7 Å². The molecule has 0 radical (unpaired) electrons. The first-order chi connectivity index (χ1) is 17.5. The number of aromatic nitrogens is 2. The van der Waals surface area contributed by atoms with Gasteiger partial charge in [0, 0.05) is 5.69 Å². The van der Waals surface area contributed by atoms with Crippen LogP contribution in [0.15, 0.2) is 65.5 Å². The number of ether oxygens (including phenoxy) is 1. The van der Waals surface area contributed by atoms with E-state index in [0.717, 1.165) is 4.68 Å². The molecule has 0 saturated carbocycles. The topological polar surface area (TPSA) is 112 Å². The molecule has 1 amide bonds. The van der Waals surface area contributed by atoms with Crippen LogP contribution < -0.4 is 10.9 Å². The lowest BCUT2D eigenvalue weighted by molar-refractivity contribution is -0.178. The third kappa shape index (κ3) is 5.51. The fourth-order valence-corrected chi connectivity index (χ4v) is 6.06. The number of nitrogens with one attached hydrogen (secondary N) is 2. The second-order valence-electron chi connectivity index (χ2n) is 7.82. The molecule has 1 unspecified atom stereocenters. The number of amides is 1. The molecule has 9 nitrogen and oxygen atoms in total. The van der Waals surface area contributed by atoms with E-state index in [4.69, 9.17) is 13.8 Å². The van der Waals surface area contributed by atoms with Crippen LogP contribution in [0.1, 0.15) is 30.7 Å². The van der Waals surface area contributed by atoms with Crippen LogP contribution in [-0.4, -0.2) is 35.3 Å². The summed E-state index contributed by atoms with van der Waals surface area (Å²) in [5.74, 6) is 0. The molecule has 1 heterocycles. The smallest absolute Gasteiger partial charge is 0.428 e. The van der Waals surface area contributed by atoms with Crippen molar-refractivity contribution in [3.05, 3.63) is 87.8 Å². The molecule has 37 heavy (non-hydrogen) atoms. The average Bonchev–Trinajstić information content (AvgIpc) is 3.15. The summed E-state index contributed by atoms with van der Waals surface area (Å²) in [7, 11) is -5.36. The molecule has 1 atom stereocenters. The summed E-state index contributed by atoms with van der Waals surface area (Å²) < 4.78 is 75.4. The standard InChI is InChI=1S/C24H27F3N3O6P/c1-4-35-37(33,36-5-2)23(24(25,26)27,28-22(32)34-16-18-12-8-6-9-13-18)20-17(3)29-30(21(20)31)19-14-10-7-11-15-19/h6-15,29H,4-5,16H2,1-3H3,(H,28,32). The minimum absolute atomic E-state index is 0.215. The molecule has 13 heteroatoms. The van der Waals surface area contributed by atoms with Crippen LogP contribution in [0.5, 0.6) is 0 Å². The maximum absolute atomic E-state index is 15.1. The molecular weight excluding hydrogens is 514 g/mol. The lowest BCUT2D eigenvalue weighted by Crippen LogP contribution is -2.58. The van der Waals surface area contributed by atoms with Gasteiger partial charge in [-0.3, -0.25) is 19.8 Å². The molecule has 0 fully saturated rings. The highest BCUT2D eigenvalue weighted by atomic mass is 31.2. The number of para-hydroxylation sites is 1. The molecule has 1 aromatic heterocycles. The predicted molar refractivity (Wildman–Crippen MR) is 129 cm³/mol. The lowest BCUT2D eigenvalue weighted by atomic mass is 10.1. The highest BCUT2D eigenvalue weighted by Crippen LogP contribution is 2.69. The third-order valence-corrected chi connectivity index (χ3v) is 7.97. The summed E-state index contributed by atoms with van der Waals surface area (Å²) >= 11 is 0. The van der Waals surface area contributed by atoms with Gasteiger partial charge in [-0.05, 0) is 38.5 Å². The zero-order valence-corrected chi connectivity index (χ0v) is 21.3. The van der Waals surface area contributed by atoms with Crippen LogP contribution in [0.4, 0.5) is 18.0 Å². The second kappa shape index (κ2) is 11.4. The van der Waals surface area contributed by atoms with E-state index >= 15 is 13.2 Å². The van der Waals surface area contributed by atoms with E-state index < -0.39 is 49.5 Å². The number of aromatic amines is 1. The van der Waals surface area contributed by atoms with Gasteiger partial charge in [-0.2, -0.15) is 13.2 Å². The average molecular weight is 541 g/mol. The van der Waals surface area contributed by atoms with Crippen LogP contribution in [0, 0.1) is 6.92 Å². The van der Waals surface area contributed by atoms with Crippen molar-refractivity contribution < 1.29 is 36.3 Å². The molecule has 0 aliphatic heterocycles. The van der Waals surface area contributed by atoms with Crippen molar-refractivity contribution in [2.45, 2.75) is 38.8 Å². The van der Waals surface area contributed by atoms with Crippen molar-refractivity contribution in [2.75, 3.05) is 13.2 Å². The van der Waals surface area contributed by atoms with Crippen LogP contribution in [-0.2, 0) is 30.2 Å². The third-order valence-electron chi connectivity index (χ3n) is 5.36. The molecule has 0 saturated heterocycles. The Labute approximate surface area is 211 Å². The number of carbonyl (C=O) groups is 1. The molecule has 0 spiro atoms. The largest absolute Gasteiger partial charge is 0.445 e. The fourth-order valence-electron chi connectivity index (χ4n) is 3.85. The maximum atomic E-state index is 15.1. The van der Waals surface area contributed by atoms with E-state index in [9.17, 15) is 14.2 Å². The highest BCUT2D eigenvalue weighted by molar-refractivity contribution is 7.55. The lowest BCUT2D eigenvalue weighted by Gasteiger charge is -2.39. The van der Waals surface area contributed by atoms with Crippen molar-refractivity contribution in [3.63, 3.8) is 0 Å². The zero-order valence-electron chi connectivity index (χ0n) is 20.4. The van der Waals surface area contributed by atoms with Crippen LogP contribution >= 0.6 is 7.60 Å². The highest BCUT2D eigenvalue weighted by Gasteiger charge is 2.72. The van der Waals surface area contributed by atoms with E-state index in [1.54, 1.807) is 53.8 Å². The number of nitrogens with zero attached hydrogens (tertiary/aromatic N) is 1. The van der Waals surface area contributed by atoms with Gasteiger partial charge in [0.15, 0.2) is 0 Å². The number of hydrogen-bond donors (Lipinski definition) is 2. The summed E-state index contributed by atoms with van der Waals surface area (Å²) in [6.07, 6.45) is -7.11. The summed E-state index contributed by atoms with van der Waals surface area (Å²) in [5, 5.41) is 0.364. The van der Waals surface area contributed by atoms with Gasteiger partial charge in [0.2, 0.25) is 0 Å². The molecule has 2 N–H and O–H groups in total. The number of rotatable bonds is 10. The summed E-state index contributed by atoms with van der Waals surface area (Å²) in [6.45, 7) is 2.50. The molecule has 0 aliphatic rings. The Morgan fingerprint density at radius 1 is 1.00 bits per heavy atom. The first-order valence-electron chi connectivity index (χ1n) is 11.3. The van der Waals surface area contributed by atoms with E-state index in [0.29, 0.717) is 5.56 Å². The minimum Gasteiger partial charge on any atom is -0.445 e. The van der Waals surface area contributed by atoms with E-state index in [-0.39, 0.29) is 18.0 Å². The van der Waals surface area contributed by atoms with Gasteiger partial charge in [-0.1, -0.05) is 48.5 Å². The number of alkyl carbamates (subject to hydrolysis) is 1. The molecule has 3 rings (SSSR count). The fraction of sp³-hybridized carbons (Fsp3) is 0.333. The van der Waals surface area contributed by atoms with Gasteiger partial charge in [0.05, 0.1) is 24.5 Å². The minimum atomic E-state index is -5.53. The monoisotopic (exact) mass is 541 g/mol. The number of alkyl halides is 3. The number of hydrogen-bond acceptors (Lipinski definition) is 6. The van der Waals surface area contributed by atoms with Crippen LogP contribution in [0.3, 0.4) is 0 Å². The quantitative estimate of drug-likeness (QED) is 0.334. The van der Waals surface area contributed by atoms with Crippen molar-refractivity contribution in [1.82, 2.24) is 15.1 Å². The van der Waals surface area contributed by atoms with E-state index in [1.807, 2.05) is 0 Å². The van der Waals surface area contributed by atoms with Crippen molar-refractivity contribution in [3.8, 4) is 5.69 Å². The number of carbonyl (C=O) groups excluding carboxylic acids is 1. The molecule has 0 aliphatic carbocycles. The Hall–Kier alpha value is -3.34. The van der Waals surface area contributed by atoms with Gasteiger partial charge < -0.3 is 13.8 Å². The molecule has 0 bridgehead atoms. The van der Waals surface area contributed by atoms with Crippen molar-refractivity contribution in [1.29, 1.82) is 0 Å². The maximum Gasteiger partial charge on any atom is 0.428 e. The summed E-state index contributed by atoms with van der Waals surface area (Å²) in [6, 6.07) is 16.0. The van der Waals surface area contributed by atoms with Gasteiger partial charge in [0.25, 0.3) is 10.8 Å². The van der Waals surface area contributed by atoms with E-state index in [2.05, 4.69) is 5.10 Å². The first kappa shape index (κ1) is 28.2. The van der Waals surface area contributed by atoms with Gasteiger partial charge in [-0.25, -0.2) is 9.48 Å². The first-order valence-corrected chi connectivity index (χ1v) is 12.9. The van der Waals surface area contributed by atoms with E-state index in [1.165, 1.54) is 32.9 Å². The number of H-pyrrole nitrogens is 1. The Balaban J connectivity index is 2.23. The predicted octanol–water partition coefficient (Wildman–Crippen LogP) is 5.38. The number of aryl methyl sites for hydroxylation is 1. The van der Waals surface area contributed by atoms with Gasteiger partial charge in [0.1, 0.15) is 6.61 Å². The Morgan fingerprint density at radius 3 is 2.05 bits per heavy atom. The molecule has 2 aromatic carbocycles. The molecule has 3 aromatic rings. The van der Waals surface area contributed by atoms with Gasteiger partial charge in [-0.15, -0.1) is 0 Å². The Kier molecular flexibility index (Phi) is 8.68. The number of benzene rings is 2. The zero-order chi connectivity index (χ0) is 27.3. The summed E-state index contributed by atoms with van der Waals surface area (Å²) in [5.41, 5.74) is -1.85. The number of halogens is 3. The molecular formula is C24H27F3N3O6P. The van der Waals surface area contributed by atoms with Crippen LogP contribution in [0.25, 0.3) is 5.69 Å². The normalized spacial score (nSPS) is 13.7. The van der Waals surface area contributed by atoms with Crippen LogP contribution in [0.2, 0.25) is 0 Å². The second-order valence-corrected chi connectivity index (χ2v) is 10.00. The molecule has 200 valence electrons. The Bertz CT molecular complexity index is 1300. The summed E-state index contributed by atoms with van der Waals surface area (Å²) in [4.78, 5) is 26.3. The Morgan fingerprint density at radius 2 is 1.54 bits per heavy atom. The van der Waals surface area contributed by atoms with Gasteiger partial charge >= 0.3 is 19.9 Å². The van der Waals surface area contributed by atoms with Crippen molar-refractivity contribution in [2.24, 2.45) is 0 Å².